The number of carboxylic acids is 1. The Bertz CT molecular complexity index is 832. The average Bonchev–Trinajstić information content (AvgIpc) is 3.10. The van der Waals surface area contributed by atoms with Crippen LogP contribution in [0.15, 0.2) is 0 Å². The zero-order chi connectivity index (χ0) is 37.7. The Morgan fingerprint density at radius 3 is 1.29 bits per heavy atom. The first-order valence-corrected chi connectivity index (χ1v) is 22.6. The molecule has 10 nitrogen and oxygen atoms in total. The number of phosphoric acid groups is 1. The number of rotatable bonds is 41. The number of carbonyl (C=O) groups is 2. The largest absolute Gasteiger partial charge is 0.480 e. The number of carboxylic acid groups (broad SMARTS) is 1. The molecule has 0 bridgehead atoms. The molecule has 0 amide bonds. The standard InChI is InChI=1S/C40H80NO9P/c1-3-5-7-9-11-13-15-17-18-19-20-21-22-24-26-28-30-32-39(42)50-37(35-48-51(45,46)49-36-38(41)40(43)44)34-47-33-31-29-27-25-23-16-14-12-10-8-6-4-2/h37-38H,3-36,41H2,1-2H3,(H,43,44)(H,45,46)/t37-,38+/m1/s1. The van der Waals surface area contributed by atoms with Crippen LogP contribution in [0.5, 0.6) is 0 Å². The maximum Gasteiger partial charge on any atom is 0.472 e. The van der Waals surface area contributed by atoms with Crippen molar-refractivity contribution in [2.24, 2.45) is 5.73 Å². The minimum atomic E-state index is -4.60. The van der Waals surface area contributed by atoms with E-state index in [1.165, 1.54) is 148 Å². The van der Waals surface area contributed by atoms with Crippen molar-refractivity contribution in [3.05, 3.63) is 0 Å². The van der Waals surface area contributed by atoms with Crippen LogP contribution < -0.4 is 5.73 Å². The first-order valence-electron chi connectivity index (χ1n) is 21.1. The topological polar surface area (TPSA) is 155 Å². The van der Waals surface area contributed by atoms with Gasteiger partial charge >= 0.3 is 19.8 Å². The Balaban J connectivity index is 4.19. The highest BCUT2D eigenvalue weighted by molar-refractivity contribution is 7.47. The molecule has 51 heavy (non-hydrogen) atoms. The van der Waals surface area contributed by atoms with E-state index in [0.29, 0.717) is 6.61 Å². The molecule has 1 unspecified atom stereocenters. The summed E-state index contributed by atoms with van der Waals surface area (Å²) >= 11 is 0. The van der Waals surface area contributed by atoms with Crippen LogP contribution in [0.1, 0.15) is 206 Å². The summed E-state index contributed by atoms with van der Waals surface area (Å²) in [5.74, 6) is -1.77. The third-order valence-electron chi connectivity index (χ3n) is 9.39. The lowest BCUT2D eigenvalue weighted by atomic mass is 10.0. The SMILES string of the molecule is CCCCCCCCCCCCCCCCCCCC(=O)O[C@H](COCCCCCCCCCCCCCC)COP(=O)(O)OC[C@H](N)C(=O)O. The normalized spacial score (nSPS) is 14.0. The Labute approximate surface area is 312 Å². The maximum atomic E-state index is 12.6. The van der Waals surface area contributed by atoms with Crippen molar-refractivity contribution in [1.29, 1.82) is 0 Å². The number of hydrogen-bond acceptors (Lipinski definition) is 8. The fourth-order valence-corrected chi connectivity index (χ4v) is 6.85. The van der Waals surface area contributed by atoms with Gasteiger partial charge in [0.05, 0.1) is 19.8 Å². The van der Waals surface area contributed by atoms with Gasteiger partial charge in [-0.05, 0) is 12.8 Å². The minimum absolute atomic E-state index is 0.0253. The first kappa shape index (κ1) is 50.0. The molecule has 0 rings (SSSR count). The number of aliphatic carboxylic acids is 1. The number of phosphoric ester groups is 1. The lowest BCUT2D eigenvalue weighted by Gasteiger charge is -2.20. The van der Waals surface area contributed by atoms with Crippen LogP contribution in [0, 0.1) is 0 Å². The van der Waals surface area contributed by atoms with Gasteiger partial charge in [-0.2, -0.15) is 0 Å². The van der Waals surface area contributed by atoms with Crippen LogP contribution in [-0.4, -0.2) is 60.5 Å². The third-order valence-corrected chi connectivity index (χ3v) is 10.3. The molecule has 0 aromatic carbocycles. The molecule has 0 radical (unpaired) electrons. The molecule has 4 N–H and O–H groups in total. The molecular formula is C40H80NO9P. The van der Waals surface area contributed by atoms with E-state index in [4.69, 9.17) is 29.4 Å². The molecule has 0 aliphatic rings. The summed E-state index contributed by atoms with van der Waals surface area (Å²) in [4.78, 5) is 33.5. The minimum Gasteiger partial charge on any atom is -0.480 e. The molecule has 11 heteroatoms. The summed E-state index contributed by atoms with van der Waals surface area (Å²) in [6.45, 7) is 3.91. The molecule has 3 atom stereocenters. The number of nitrogens with two attached hydrogens (primary N) is 1. The number of esters is 1. The van der Waals surface area contributed by atoms with Gasteiger partial charge < -0.3 is 25.2 Å². The fourth-order valence-electron chi connectivity index (χ4n) is 6.08. The van der Waals surface area contributed by atoms with E-state index >= 15 is 0 Å². The Morgan fingerprint density at radius 1 is 0.549 bits per heavy atom. The van der Waals surface area contributed by atoms with Crippen molar-refractivity contribution < 1.29 is 42.7 Å². The first-order chi connectivity index (χ1) is 24.7. The van der Waals surface area contributed by atoms with Gasteiger partial charge in [-0.1, -0.05) is 187 Å². The molecule has 0 aliphatic heterocycles. The second-order valence-electron chi connectivity index (χ2n) is 14.5. The van der Waals surface area contributed by atoms with Crippen LogP contribution >= 0.6 is 7.82 Å². The highest BCUT2D eigenvalue weighted by atomic mass is 31.2. The van der Waals surface area contributed by atoms with E-state index in [1.54, 1.807) is 0 Å². The number of hydrogen-bond donors (Lipinski definition) is 3. The summed E-state index contributed by atoms with van der Waals surface area (Å²) in [6.07, 6.45) is 35.8. The van der Waals surface area contributed by atoms with E-state index in [1.807, 2.05) is 0 Å². The smallest absolute Gasteiger partial charge is 0.472 e. The van der Waals surface area contributed by atoms with Crippen LogP contribution in [0.3, 0.4) is 0 Å². The summed E-state index contributed by atoms with van der Waals surface area (Å²) in [5.41, 5.74) is 5.35. The lowest BCUT2D eigenvalue weighted by Crippen LogP contribution is -2.34. The van der Waals surface area contributed by atoms with Crippen molar-refractivity contribution in [3.63, 3.8) is 0 Å². The number of unbranched alkanes of at least 4 members (excludes halogenated alkanes) is 27. The van der Waals surface area contributed by atoms with Gasteiger partial charge in [0.15, 0.2) is 0 Å². The van der Waals surface area contributed by atoms with Gasteiger partial charge in [0.25, 0.3) is 0 Å². The second-order valence-corrected chi connectivity index (χ2v) is 15.9. The molecule has 0 spiro atoms. The quantitative estimate of drug-likeness (QED) is 0.0312. The van der Waals surface area contributed by atoms with Crippen molar-refractivity contribution in [2.45, 2.75) is 219 Å². The fraction of sp³-hybridized carbons (Fsp3) is 0.950. The molecular weight excluding hydrogens is 669 g/mol. The van der Waals surface area contributed by atoms with Crippen LogP contribution in [0.2, 0.25) is 0 Å². The molecule has 0 heterocycles. The van der Waals surface area contributed by atoms with E-state index in [-0.39, 0.29) is 13.0 Å². The average molecular weight is 750 g/mol. The highest BCUT2D eigenvalue weighted by Crippen LogP contribution is 2.43. The van der Waals surface area contributed by atoms with Gasteiger partial charge in [0, 0.05) is 13.0 Å². The Kier molecular flexibility index (Phi) is 36.5. The van der Waals surface area contributed by atoms with Crippen LogP contribution in [0.25, 0.3) is 0 Å². The van der Waals surface area contributed by atoms with E-state index < -0.39 is 45.1 Å². The predicted molar refractivity (Wildman–Crippen MR) is 208 cm³/mol. The molecule has 0 saturated carbocycles. The second kappa shape index (κ2) is 37.3. The molecule has 0 aliphatic carbocycles. The van der Waals surface area contributed by atoms with Crippen molar-refractivity contribution in [2.75, 3.05) is 26.4 Å². The number of ether oxygens (including phenoxy) is 2. The van der Waals surface area contributed by atoms with E-state index in [2.05, 4.69) is 13.8 Å². The monoisotopic (exact) mass is 750 g/mol. The molecule has 0 aromatic heterocycles. The van der Waals surface area contributed by atoms with Gasteiger partial charge in [-0.25, -0.2) is 4.57 Å². The van der Waals surface area contributed by atoms with E-state index in [9.17, 15) is 19.0 Å². The summed E-state index contributed by atoms with van der Waals surface area (Å²) in [5, 5.41) is 8.88. The van der Waals surface area contributed by atoms with Crippen molar-refractivity contribution >= 4 is 19.8 Å². The molecule has 0 saturated heterocycles. The third kappa shape index (κ3) is 37.1. The predicted octanol–water partition coefficient (Wildman–Crippen LogP) is 11.2. The molecule has 0 aromatic rings. The zero-order valence-corrected chi connectivity index (χ0v) is 33.9. The van der Waals surface area contributed by atoms with Gasteiger partial charge in [0.2, 0.25) is 0 Å². The summed E-state index contributed by atoms with van der Waals surface area (Å²) in [7, 11) is -4.60. The maximum absolute atomic E-state index is 12.6. The van der Waals surface area contributed by atoms with E-state index in [0.717, 1.165) is 38.5 Å². The van der Waals surface area contributed by atoms with Crippen molar-refractivity contribution in [3.8, 4) is 0 Å². The van der Waals surface area contributed by atoms with Gasteiger partial charge in [-0.3, -0.25) is 18.6 Å². The summed E-state index contributed by atoms with van der Waals surface area (Å²) < 4.78 is 33.3. The lowest BCUT2D eigenvalue weighted by molar-refractivity contribution is -0.154. The Hall–Kier alpha value is -1.03. The van der Waals surface area contributed by atoms with Gasteiger partial charge in [0.1, 0.15) is 12.1 Å². The van der Waals surface area contributed by atoms with Gasteiger partial charge in [-0.15, -0.1) is 0 Å². The highest BCUT2D eigenvalue weighted by Gasteiger charge is 2.27. The van der Waals surface area contributed by atoms with Crippen molar-refractivity contribution in [1.82, 2.24) is 0 Å². The zero-order valence-electron chi connectivity index (χ0n) is 33.0. The van der Waals surface area contributed by atoms with Crippen LogP contribution in [0.4, 0.5) is 0 Å². The van der Waals surface area contributed by atoms with Crippen LogP contribution in [-0.2, 0) is 32.7 Å². The molecule has 0 fully saturated rings. The Morgan fingerprint density at radius 2 is 0.902 bits per heavy atom. The number of carbonyl (C=O) groups excluding carboxylic acids is 1. The summed E-state index contributed by atoms with van der Waals surface area (Å²) in [6, 6.07) is -1.47. The molecule has 304 valence electrons.